The van der Waals surface area contributed by atoms with Crippen molar-refractivity contribution in [3.8, 4) is 0 Å². The Morgan fingerprint density at radius 3 is 2.35 bits per heavy atom. The number of hydrogen-bond acceptors (Lipinski definition) is 5. The number of urea groups is 1. The number of amides is 3. The number of para-hydroxylation sites is 1. The molecule has 3 aromatic rings. The smallest absolute Gasteiger partial charge is 0.358 e. The van der Waals surface area contributed by atoms with Crippen LogP contribution in [0.2, 0.25) is 0 Å². The second-order valence-corrected chi connectivity index (χ2v) is 13.6. The summed E-state index contributed by atoms with van der Waals surface area (Å²) >= 11 is 0. The molecule has 3 amide bonds. The van der Waals surface area contributed by atoms with E-state index in [4.69, 9.17) is 4.42 Å². The number of hydrogen-bond donors (Lipinski definition) is 4. The quantitative estimate of drug-likeness (QED) is 0.259. The molecule has 2 heterocycles. The Labute approximate surface area is 252 Å². The molecular weight excluding hydrogens is 546 g/mol. The number of benzene rings is 1. The Hall–Kier alpha value is -3.82. The summed E-state index contributed by atoms with van der Waals surface area (Å²) in [5, 5.41) is 19.9. The lowest BCUT2D eigenvalue weighted by atomic mass is 9.54. The summed E-state index contributed by atoms with van der Waals surface area (Å²) in [6.45, 7) is 5.58. The van der Waals surface area contributed by atoms with E-state index >= 15 is 0 Å². The first-order chi connectivity index (χ1) is 20.5. The first-order valence-corrected chi connectivity index (χ1v) is 15.7. The van der Waals surface area contributed by atoms with Gasteiger partial charge in [0.25, 0.3) is 0 Å². The number of carboxylic acid groups (broad SMARTS) is 1. The molecule has 4 aliphatic rings. The van der Waals surface area contributed by atoms with E-state index in [2.05, 4.69) is 20.9 Å². The number of oxazole rings is 1. The Morgan fingerprint density at radius 2 is 1.72 bits per heavy atom. The van der Waals surface area contributed by atoms with Gasteiger partial charge in [0.15, 0.2) is 5.69 Å². The van der Waals surface area contributed by atoms with Crippen molar-refractivity contribution in [3.63, 3.8) is 0 Å². The summed E-state index contributed by atoms with van der Waals surface area (Å²) in [7, 11) is 1.96. The van der Waals surface area contributed by atoms with Crippen LogP contribution >= 0.6 is 0 Å². The zero-order chi connectivity index (χ0) is 30.4. The lowest BCUT2D eigenvalue weighted by Gasteiger charge is -2.54. The van der Waals surface area contributed by atoms with Crippen molar-refractivity contribution in [2.45, 2.75) is 83.8 Å². The van der Waals surface area contributed by atoms with Crippen LogP contribution in [-0.4, -0.2) is 44.6 Å². The largest absolute Gasteiger partial charge is 0.476 e. The molecule has 230 valence electrons. The van der Waals surface area contributed by atoms with Crippen molar-refractivity contribution >= 4 is 28.8 Å². The highest BCUT2D eigenvalue weighted by atomic mass is 16.4. The summed E-state index contributed by atoms with van der Waals surface area (Å²) in [5.41, 5.74) is 1.82. The van der Waals surface area contributed by atoms with E-state index in [9.17, 15) is 19.5 Å². The van der Waals surface area contributed by atoms with Crippen LogP contribution in [0.25, 0.3) is 10.9 Å². The lowest BCUT2D eigenvalue weighted by molar-refractivity contribution is -0.124. The number of aryl methyl sites for hydroxylation is 2. The van der Waals surface area contributed by atoms with Crippen LogP contribution in [0.15, 0.2) is 34.9 Å². The highest BCUT2D eigenvalue weighted by Gasteiger charge is 2.48. The van der Waals surface area contributed by atoms with Crippen molar-refractivity contribution in [1.82, 2.24) is 25.5 Å². The van der Waals surface area contributed by atoms with E-state index in [1.54, 1.807) is 6.92 Å². The number of aromatic nitrogens is 2. The van der Waals surface area contributed by atoms with Gasteiger partial charge in [-0.1, -0.05) is 32.0 Å². The number of rotatable bonds is 10. The second kappa shape index (κ2) is 11.7. The summed E-state index contributed by atoms with van der Waals surface area (Å²) < 4.78 is 7.83. The molecule has 4 saturated carbocycles. The van der Waals surface area contributed by atoms with Gasteiger partial charge in [0.05, 0.1) is 0 Å². The lowest BCUT2D eigenvalue weighted by Crippen LogP contribution is -2.59. The predicted octanol–water partition coefficient (Wildman–Crippen LogP) is 5.11. The molecule has 4 fully saturated rings. The fraction of sp³-hybridized carbons (Fsp3) is 0.576. The molecule has 0 radical (unpaired) electrons. The number of carboxylic acids is 1. The minimum atomic E-state index is -1.19. The number of carbonyl (C=O) groups is 3. The first kappa shape index (κ1) is 29.3. The summed E-state index contributed by atoms with van der Waals surface area (Å²) in [4.78, 5) is 43.2. The Kier molecular flexibility index (Phi) is 7.96. The monoisotopic (exact) mass is 589 g/mol. The van der Waals surface area contributed by atoms with E-state index < -0.39 is 18.1 Å². The van der Waals surface area contributed by atoms with Crippen molar-refractivity contribution < 1.29 is 23.9 Å². The molecule has 10 nitrogen and oxygen atoms in total. The summed E-state index contributed by atoms with van der Waals surface area (Å²) in [6.07, 6.45) is 8.90. The van der Waals surface area contributed by atoms with Crippen LogP contribution in [0.4, 0.5) is 4.79 Å². The Morgan fingerprint density at radius 1 is 1.05 bits per heavy atom. The Balaban J connectivity index is 1.21. The van der Waals surface area contributed by atoms with Gasteiger partial charge in [0, 0.05) is 36.6 Å². The van der Waals surface area contributed by atoms with Crippen molar-refractivity contribution in [3.05, 3.63) is 53.4 Å². The zero-order valence-corrected chi connectivity index (χ0v) is 25.4. The van der Waals surface area contributed by atoms with Gasteiger partial charge >= 0.3 is 12.0 Å². The zero-order valence-electron chi connectivity index (χ0n) is 25.4. The van der Waals surface area contributed by atoms with Crippen LogP contribution in [0.5, 0.6) is 0 Å². The van der Waals surface area contributed by atoms with E-state index in [0.717, 1.165) is 28.3 Å². The summed E-state index contributed by atoms with van der Waals surface area (Å²) in [5.74, 6) is 1.57. The maximum atomic E-state index is 13.9. The molecule has 4 N–H and O–H groups in total. The fourth-order valence-corrected chi connectivity index (χ4v) is 8.26. The Bertz CT molecular complexity index is 1490. The highest BCUT2D eigenvalue weighted by Crippen LogP contribution is 2.53. The molecule has 1 unspecified atom stereocenters. The van der Waals surface area contributed by atoms with Crippen molar-refractivity contribution in [2.24, 2.45) is 36.6 Å². The minimum Gasteiger partial charge on any atom is -0.476 e. The molecule has 1 aromatic carbocycles. The minimum absolute atomic E-state index is 0.123. The van der Waals surface area contributed by atoms with Crippen molar-refractivity contribution in [2.75, 3.05) is 0 Å². The van der Waals surface area contributed by atoms with Crippen LogP contribution in [0.3, 0.4) is 0 Å². The molecule has 2 aromatic heterocycles. The topological polar surface area (TPSA) is 138 Å². The number of nitrogens with one attached hydrogen (secondary N) is 3. The average Bonchev–Trinajstić information content (AvgIpc) is 3.49. The van der Waals surface area contributed by atoms with Crippen LogP contribution < -0.4 is 16.0 Å². The number of fused-ring (bicyclic) bond motifs is 1. The van der Waals surface area contributed by atoms with Gasteiger partial charge in [-0.3, -0.25) is 4.79 Å². The third-order valence-corrected chi connectivity index (χ3v) is 9.89. The molecular formula is C33H43N5O5. The molecule has 7 rings (SSSR count). The maximum Gasteiger partial charge on any atom is 0.358 e. The molecule has 10 heteroatoms. The van der Waals surface area contributed by atoms with Crippen LogP contribution in [-0.2, 0) is 18.3 Å². The van der Waals surface area contributed by atoms with Crippen LogP contribution in [0, 0.1) is 36.5 Å². The normalized spacial score (nSPS) is 25.6. The molecule has 0 spiro atoms. The third kappa shape index (κ3) is 6.01. The van der Waals surface area contributed by atoms with E-state index in [0.29, 0.717) is 24.7 Å². The van der Waals surface area contributed by atoms with Gasteiger partial charge in [0.1, 0.15) is 17.8 Å². The number of aromatic carboxylic acids is 1. The van der Waals surface area contributed by atoms with Gasteiger partial charge in [-0.25, -0.2) is 14.6 Å². The number of carbonyl (C=O) groups excluding carboxylic acids is 2. The number of nitrogens with zero attached hydrogens (tertiary/aromatic N) is 2. The van der Waals surface area contributed by atoms with E-state index in [1.807, 2.05) is 55.9 Å². The molecule has 4 aliphatic carbocycles. The molecule has 0 aliphatic heterocycles. The highest BCUT2D eigenvalue weighted by molar-refractivity contribution is 5.88. The van der Waals surface area contributed by atoms with Crippen molar-refractivity contribution in [1.29, 1.82) is 0 Å². The average molecular weight is 590 g/mol. The van der Waals surface area contributed by atoms with Gasteiger partial charge < -0.3 is 30.0 Å². The molecule has 2 atom stereocenters. The molecule has 43 heavy (non-hydrogen) atoms. The van der Waals surface area contributed by atoms with Gasteiger partial charge in [-0.05, 0) is 86.7 Å². The molecule has 4 bridgehead atoms. The van der Waals surface area contributed by atoms with E-state index in [-0.39, 0.29) is 41.2 Å². The van der Waals surface area contributed by atoms with E-state index in [1.165, 1.54) is 32.1 Å². The fourth-order valence-electron chi connectivity index (χ4n) is 8.26. The molecule has 0 saturated heterocycles. The van der Waals surface area contributed by atoms with Gasteiger partial charge in [0.2, 0.25) is 11.8 Å². The predicted molar refractivity (Wildman–Crippen MR) is 161 cm³/mol. The third-order valence-electron chi connectivity index (χ3n) is 9.89. The maximum absolute atomic E-state index is 13.9. The first-order valence-electron chi connectivity index (χ1n) is 15.7. The van der Waals surface area contributed by atoms with Crippen LogP contribution in [0.1, 0.15) is 86.1 Å². The van der Waals surface area contributed by atoms with Gasteiger partial charge in [-0.2, -0.15) is 0 Å². The van der Waals surface area contributed by atoms with Gasteiger partial charge in [-0.15, -0.1) is 0 Å². The second-order valence-electron chi connectivity index (χ2n) is 13.6. The summed E-state index contributed by atoms with van der Waals surface area (Å²) in [6, 6.07) is 6.32. The SMILES string of the molecule is Cc1oc([C@@H](Cc2cn(C)c3ccccc23)NC(=O)C(CC(C)C)NC(=O)NC2C3CC4CC(C3)CC2C4)nc1C(=O)O. The standard InChI is InChI=1S/C33H43N5O5/c1-17(2)9-25(35-33(42)37-29-21-11-19-10-20(13-21)14-22(29)12-19)30(39)34-26(31-36-28(32(40)41)18(3)43-31)15-23-16-38(4)27-8-6-5-7-24(23)27/h5-8,16-17,19-22,25-26,29H,9-15H2,1-4H3,(H,34,39)(H,40,41)(H2,35,37,42)/t19?,20?,21?,22?,25?,26-,29?/m1/s1.